The van der Waals surface area contributed by atoms with E-state index in [1.54, 1.807) is 0 Å². The quantitative estimate of drug-likeness (QED) is 0.817. The molecule has 1 saturated carbocycles. The molecule has 4 atom stereocenters. The average Bonchev–Trinajstić information content (AvgIpc) is 2.75. The van der Waals surface area contributed by atoms with Gasteiger partial charge >= 0.3 is 5.97 Å². The van der Waals surface area contributed by atoms with Gasteiger partial charge in [-0.05, 0) is 39.5 Å². The van der Waals surface area contributed by atoms with Crippen LogP contribution in [0.2, 0.25) is 0 Å². The van der Waals surface area contributed by atoms with Crippen molar-refractivity contribution in [3.05, 3.63) is 0 Å². The monoisotopic (exact) mass is 269 g/mol. The van der Waals surface area contributed by atoms with Crippen molar-refractivity contribution in [3.63, 3.8) is 0 Å². The van der Waals surface area contributed by atoms with E-state index in [1.807, 2.05) is 13.8 Å². The second kappa shape index (κ2) is 5.49. The summed E-state index contributed by atoms with van der Waals surface area (Å²) in [6.07, 6.45) is 4.54. The highest BCUT2D eigenvalue weighted by atomic mass is 16.5. The van der Waals surface area contributed by atoms with Crippen molar-refractivity contribution in [1.82, 2.24) is 5.32 Å². The fourth-order valence-corrected chi connectivity index (χ4v) is 3.24. The van der Waals surface area contributed by atoms with E-state index in [4.69, 9.17) is 4.74 Å². The Kier molecular flexibility index (Phi) is 4.13. The Bertz CT molecular complexity index is 370. The number of aliphatic carboxylic acids is 1. The molecular weight excluding hydrogens is 246 g/mol. The van der Waals surface area contributed by atoms with E-state index in [2.05, 4.69) is 5.32 Å². The molecule has 1 heterocycles. The molecule has 0 spiro atoms. The maximum absolute atomic E-state index is 12.2. The van der Waals surface area contributed by atoms with Crippen molar-refractivity contribution in [2.24, 2.45) is 5.92 Å². The summed E-state index contributed by atoms with van der Waals surface area (Å²) < 4.78 is 5.55. The predicted molar refractivity (Wildman–Crippen MR) is 69.7 cm³/mol. The van der Waals surface area contributed by atoms with Crippen molar-refractivity contribution in [3.8, 4) is 0 Å². The normalized spacial score (nSPS) is 38.9. The van der Waals surface area contributed by atoms with Crippen LogP contribution in [-0.4, -0.2) is 34.7 Å². The number of nitrogens with one attached hydrogen (secondary N) is 1. The van der Waals surface area contributed by atoms with E-state index in [1.165, 1.54) is 0 Å². The Morgan fingerprint density at radius 2 is 2.00 bits per heavy atom. The summed E-state index contributed by atoms with van der Waals surface area (Å²) >= 11 is 0. The highest BCUT2D eigenvalue weighted by Gasteiger charge is 2.43. The molecule has 2 aliphatic rings. The third-order valence-corrected chi connectivity index (χ3v) is 4.44. The van der Waals surface area contributed by atoms with Gasteiger partial charge in [-0.25, -0.2) is 0 Å². The first kappa shape index (κ1) is 14.3. The fourth-order valence-electron chi connectivity index (χ4n) is 3.24. The molecule has 0 radical (unpaired) electrons. The number of rotatable bonds is 3. The van der Waals surface area contributed by atoms with Crippen molar-refractivity contribution in [1.29, 1.82) is 0 Å². The van der Waals surface area contributed by atoms with Crippen LogP contribution in [0.1, 0.15) is 52.4 Å². The molecule has 2 rings (SSSR count). The van der Waals surface area contributed by atoms with Crippen LogP contribution in [0.5, 0.6) is 0 Å². The summed E-state index contributed by atoms with van der Waals surface area (Å²) in [4.78, 5) is 23.5. The number of carbonyl (C=O) groups is 2. The first-order valence-corrected chi connectivity index (χ1v) is 7.12. The molecule has 5 heteroatoms. The lowest BCUT2D eigenvalue weighted by Crippen LogP contribution is -2.57. The highest BCUT2D eigenvalue weighted by Crippen LogP contribution is 2.34. The molecule has 1 saturated heterocycles. The standard InChI is InChI=1S/C14H23NO4/c1-9-6-7-11(19-9)12(16)15-14(2)8-4-3-5-10(14)13(17)18/h9-11H,3-8H2,1-2H3,(H,15,16)(H,17,18). The van der Waals surface area contributed by atoms with Crippen LogP contribution in [0.15, 0.2) is 0 Å². The summed E-state index contributed by atoms with van der Waals surface area (Å²) in [5, 5.41) is 12.3. The minimum absolute atomic E-state index is 0.116. The maximum atomic E-state index is 12.2. The molecule has 19 heavy (non-hydrogen) atoms. The Hall–Kier alpha value is -1.10. The molecule has 2 fully saturated rings. The summed E-state index contributed by atoms with van der Waals surface area (Å²) in [5.41, 5.74) is -0.643. The molecule has 0 aromatic carbocycles. The van der Waals surface area contributed by atoms with E-state index in [0.717, 1.165) is 32.1 Å². The van der Waals surface area contributed by atoms with Gasteiger partial charge < -0.3 is 15.2 Å². The lowest BCUT2D eigenvalue weighted by Gasteiger charge is -2.40. The Balaban J connectivity index is 2.02. The molecule has 0 aromatic heterocycles. The van der Waals surface area contributed by atoms with Gasteiger partial charge in [0.15, 0.2) is 0 Å². The van der Waals surface area contributed by atoms with Gasteiger partial charge in [-0.3, -0.25) is 9.59 Å². The average molecular weight is 269 g/mol. The smallest absolute Gasteiger partial charge is 0.308 e. The van der Waals surface area contributed by atoms with Crippen molar-refractivity contribution < 1.29 is 19.4 Å². The van der Waals surface area contributed by atoms with Crippen molar-refractivity contribution in [2.75, 3.05) is 0 Å². The number of hydrogen-bond donors (Lipinski definition) is 2. The van der Waals surface area contributed by atoms with Gasteiger partial charge in [0.2, 0.25) is 5.91 Å². The summed E-state index contributed by atoms with van der Waals surface area (Å²) in [6, 6.07) is 0. The molecule has 108 valence electrons. The second-order valence-corrected chi connectivity index (χ2v) is 6.06. The van der Waals surface area contributed by atoms with Crippen LogP contribution < -0.4 is 5.32 Å². The van der Waals surface area contributed by atoms with Crippen LogP contribution in [0.25, 0.3) is 0 Å². The number of carbonyl (C=O) groups excluding carboxylic acids is 1. The zero-order valence-corrected chi connectivity index (χ0v) is 11.6. The van der Waals surface area contributed by atoms with E-state index >= 15 is 0 Å². The largest absolute Gasteiger partial charge is 0.481 e. The van der Waals surface area contributed by atoms with Crippen LogP contribution in [0, 0.1) is 5.92 Å². The minimum Gasteiger partial charge on any atom is -0.481 e. The van der Waals surface area contributed by atoms with Gasteiger partial charge in [-0.2, -0.15) is 0 Å². The summed E-state index contributed by atoms with van der Waals surface area (Å²) in [6.45, 7) is 3.80. The lowest BCUT2D eigenvalue weighted by atomic mass is 9.73. The lowest BCUT2D eigenvalue weighted by molar-refractivity contribution is -0.147. The first-order chi connectivity index (χ1) is 8.92. The minimum atomic E-state index is -0.816. The topological polar surface area (TPSA) is 75.6 Å². The molecule has 1 aliphatic carbocycles. The predicted octanol–water partition coefficient (Wildman–Crippen LogP) is 1.70. The van der Waals surface area contributed by atoms with Crippen molar-refractivity contribution in [2.45, 2.75) is 70.1 Å². The highest BCUT2D eigenvalue weighted by molar-refractivity contribution is 5.83. The second-order valence-electron chi connectivity index (χ2n) is 6.06. The molecular formula is C14H23NO4. The van der Waals surface area contributed by atoms with E-state index in [9.17, 15) is 14.7 Å². The van der Waals surface area contributed by atoms with Gasteiger partial charge in [0.1, 0.15) is 6.10 Å². The van der Waals surface area contributed by atoms with Gasteiger partial charge in [-0.15, -0.1) is 0 Å². The molecule has 4 unspecified atom stereocenters. The Labute approximate surface area is 113 Å². The number of carboxylic acids is 1. The molecule has 0 bridgehead atoms. The molecule has 1 amide bonds. The zero-order valence-electron chi connectivity index (χ0n) is 11.6. The van der Waals surface area contributed by atoms with Gasteiger partial charge in [0.05, 0.1) is 17.6 Å². The maximum Gasteiger partial charge on any atom is 0.308 e. The van der Waals surface area contributed by atoms with Crippen LogP contribution in [-0.2, 0) is 14.3 Å². The number of ether oxygens (including phenoxy) is 1. The molecule has 1 aliphatic heterocycles. The van der Waals surface area contributed by atoms with Crippen LogP contribution >= 0.6 is 0 Å². The molecule has 0 aromatic rings. The fraction of sp³-hybridized carbons (Fsp3) is 0.857. The SMILES string of the molecule is CC1CCC(C(=O)NC2(C)CCCCC2C(=O)O)O1. The van der Waals surface area contributed by atoms with Crippen molar-refractivity contribution >= 4 is 11.9 Å². The number of amides is 1. The summed E-state index contributed by atoms with van der Waals surface area (Å²) in [5.74, 6) is -1.47. The van der Waals surface area contributed by atoms with Gasteiger partial charge in [-0.1, -0.05) is 12.8 Å². The third-order valence-electron chi connectivity index (χ3n) is 4.44. The Morgan fingerprint density at radius 3 is 2.58 bits per heavy atom. The number of carboxylic acid groups (broad SMARTS) is 1. The van der Waals surface area contributed by atoms with E-state index < -0.39 is 23.5 Å². The number of hydrogen-bond acceptors (Lipinski definition) is 3. The first-order valence-electron chi connectivity index (χ1n) is 7.12. The Morgan fingerprint density at radius 1 is 1.26 bits per heavy atom. The van der Waals surface area contributed by atoms with E-state index in [0.29, 0.717) is 6.42 Å². The molecule has 5 nitrogen and oxygen atoms in total. The van der Waals surface area contributed by atoms with Gasteiger partial charge in [0.25, 0.3) is 0 Å². The summed E-state index contributed by atoms with van der Waals surface area (Å²) in [7, 11) is 0. The molecule has 2 N–H and O–H groups in total. The van der Waals surface area contributed by atoms with Crippen LogP contribution in [0.4, 0.5) is 0 Å². The third kappa shape index (κ3) is 3.08. The van der Waals surface area contributed by atoms with Crippen LogP contribution in [0.3, 0.4) is 0 Å². The zero-order chi connectivity index (χ0) is 14.0. The van der Waals surface area contributed by atoms with E-state index in [-0.39, 0.29) is 12.0 Å². The van der Waals surface area contributed by atoms with Gasteiger partial charge in [0, 0.05) is 0 Å².